The fourth-order valence-corrected chi connectivity index (χ4v) is 7.89. The van der Waals surface area contributed by atoms with E-state index in [4.69, 9.17) is 51.1 Å². The van der Waals surface area contributed by atoms with Gasteiger partial charge < -0.3 is 4.74 Å². The Hall–Kier alpha value is -4.46. The molecule has 8 rings (SSSR count). The standard InChI is InChI=1S/C16H17ClN4.C16H23ClN2OSi.C10H9ClN2.C7H6BrCl/c1-11-6-13(4-5-16(11)17)14-8-18-21(9-14)10-15-7-12(2)19-20(15)3;1-13-9-14(5-6-16(13)17)15-10-18-19(11-15)12-20-7-8-21(2,3)4;1-7-4-8(2-3-10(7)11)9-5-12-13-6-9;1-5-4-6(8)2-3-7(5)9/h4-9H,10H2,1-3H3;5-6,9-11H,7-8,12H2,1-4H3;2-6H,1H3,(H,12,13);2-4H,1H3. The van der Waals surface area contributed by atoms with Crippen molar-refractivity contribution < 1.29 is 4.74 Å². The van der Waals surface area contributed by atoms with Gasteiger partial charge in [0.2, 0.25) is 0 Å². The van der Waals surface area contributed by atoms with E-state index in [0.29, 0.717) is 13.3 Å². The number of aromatic nitrogens is 8. The van der Waals surface area contributed by atoms with Crippen molar-refractivity contribution in [1.82, 2.24) is 39.5 Å². The van der Waals surface area contributed by atoms with Crippen LogP contribution in [0.15, 0.2) is 121 Å². The molecule has 64 heavy (non-hydrogen) atoms. The minimum atomic E-state index is -1.02. The van der Waals surface area contributed by atoms with Gasteiger partial charge in [0.15, 0.2) is 0 Å². The molecule has 8 aromatic rings. The van der Waals surface area contributed by atoms with Gasteiger partial charge in [-0.2, -0.15) is 20.4 Å². The topological polar surface area (TPSA) is 91.4 Å². The largest absolute Gasteiger partial charge is 0.360 e. The molecule has 0 saturated heterocycles. The van der Waals surface area contributed by atoms with Crippen LogP contribution in [0.2, 0.25) is 45.8 Å². The third-order valence-corrected chi connectivity index (χ3v) is 13.9. The zero-order valence-electron chi connectivity index (χ0n) is 37.7. The molecule has 0 bridgehead atoms. The van der Waals surface area contributed by atoms with Crippen molar-refractivity contribution in [3.05, 3.63) is 174 Å². The van der Waals surface area contributed by atoms with Gasteiger partial charge in [-0.15, -0.1) is 0 Å². The maximum Gasteiger partial charge on any atom is 0.139 e. The van der Waals surface area contributed by atoms with Crippen molar-refractivity contribution in [1.29, 1.82) is 0 Å². The first-order chi connectivity index (χ1) is 30.3. The first kappa shape index (κ1) is 50.5. The average Bonchev–Trinajstić information content (AvgIpc) is 4.09. The van der Waals surface area contributed by atoms with Crippen molar-refractivity contribution in [2.24, 2.45) is 7.05 Å². The van der Waals surface area contributed by atoms with Crippen molar-refractivity contribution in [2.75, 3.05) is 6.61 Å². The van der Waals surface area contributed by atoms with Crippen LogP contribution in [0.5, 0.6) is 0 Å². The lowest BCUT2D eigenvalue weighted by atomic mass is 10.1. The van der Waals surface area contributed by atoms with Crippen molar-refractivity contribution in [3.63, 3.8) is 0 Å². The Morgan fingerprint density at radius 2 is 1.09 bits per heavy atom. The molecule has 0 fully saturated rings. The fourth-order valence-electron chi connectivity index (χ4n) is 6.19. The molecule has 0 spiro atoms. The summed E-state index contributed by atoms with van der Waals surface area (Å²) in [5.74, 6) is 0. The van der Waals surface area contributed by atoms with Crippen LogP contribution in [0.4, 0.5) is 0 Å². The number of aromatic amines is 1. The number of nitrogens with zero attached hydrogens (tertiary/aromatic N) is 7. The summed E-state index contributed by atoms with van der Waals surface area (Å²) in [7, 11) is 0.932. The van der Waals surface area contributed by atoms with E-state index in [2.05, 4.69) is 79.3 Å². The molecular weight excluding hydrogens is 966 g/mol. The van der Waals surface area contributed by atoms with Gasteiger partial charge in [0, 0.05) is 81.6 Å². The van der Waals surface area contributed by atoms with Crippen molar-refractivity contribution >= 4 is 70.4 Å². The maximum absolute atomic E-state index is 6.07. The van der Waals surface area contributed by atoms with E-state index < -0.39 is 8.07 Å². The van der Waals surface area contributed by atoms with Gasteiger partial charge in [-0.1, -0.05) is 100 Å². The Bertz CT molecular complexity index is 2740. The van der Waals surface area contributed by atoms with E-state index in [1.54, 1.807) is 6.20 Å². The third-order valence-electron chi connectivity index (χ3n) is 10.0. The second-order valence-corrected chi connectivity index (χ2v) is 24.9. The highest BCUT2D eigenvalue weighted by molar-refractivity contribution is 9.10. The molecule has 0 amide bonds. The SMILES string of the molecule is Cc1cc(-c2cn[nH]c2)ccc1Cl.Cc1cc(-c2cnn(COCC[Si](C)(C)C)c2)ccc1Cl.Cc1cc(Br)ccc1Cl.Cc1cc(Cn2cc(-c3ccc(Cl)c(C)c3)cn2)n(C)n1. The first-order valence-corrected chi connectivity index (χ1v) is 26.7. The summed E-state index contributed by atoms with van der Waals surface area (Å²) in [6.45, 7) is 19.1. The third kappa shape index (κ3) is 15.6. The Morgan fingerprint density at radius 1 is 0.609 bits per heavy atom. The summed E-state index contributed by atoms with van der Waals surface area (Å²) in [5, 5.41) is 23.0. The molecule has 9 nitrogen and oxygen atoms in total. The molecule has 336 valence electrons. The van der Waals surface area contributed by atoms with Crippen LogP contribution in [0.3, 0.4) is 0 Å². The molecule has 0 saturated carbocycles. The van der Waals surface area contributed by atoms with Crippen LogP contribution in [0.25, 0.3) is 33.4 Å². The summed E-state index contributed by atoms with van der Waals surface area (Å²) in [4.78, 5) is 0. The quantitative estimate of drug-likeness (QED) is 0.109. The van der Waals surface area contributed by atoms with Gasteiger partial charge in [0.05, 0.1) is 36.5 Å². The highest BCUT2D eigenvalue weighted by Crippen LogP contribution is 2.27. The molecule has 0 aliphatic rings. The molecule has 0 aliphatic heterocycles. The summed E-state index contributed by atoms with van der Waals surface area (Å²) in [5.41, 5.74) is 13.1. The van der Waals surface area contributed by atoms with Crippen LogP contribution in [0, 0.1) is 34.6 Å². The monoisotopic (exact) mass is 1020 g/mol. The molecule has 0 unspecified atom stereocenters. The Balaban J connectivity index is 0.000000168. The Morgan fingerprint density at radius 3 is 1.53 bits per heavy atom. The lowest BCUT2D eigenvalue weighted by Crippen LogP contribution is -2.22. The molecular formula is C49H55BrCl4N8OSi. The molecule has 0 aliphatic carbocycles. The van der Waals surface area contributed by atoms with Gasteiger partial charge >= 0.3 is 0 Å². The Labute approximate surface area is 406 Å². The average molecular weight is 1020 g/mol. The highest BCUT2D eigenvalue weighted by atomic mass is 79.9. The number of benzene rings is 4. The second-order valence-electron chi connectivity index (χ2n) is 16.7. The predicted octanol–water partition coefficient (Wildman–Crippen LogP) is 14.9. The van der Waals surface area contributed by atoms with E-state index in [9.17, 15) is 0 Å². The number of H-pyrrole nitrogens is 1. The van der Waals surface area contributed by atoms with E-state index in [0.717, 1.165) is 98.2 Å². The van der Waals surface area contributed by atoms with Crippen LogP contribution in [-0.2, 0) is 25.1 Å². The number of rotatable bonds is 10. The molecule has 4 heterocycles. The summed E-state index contributed by atoms with van der Waals surface area (Å²) in [6.07, 6.45) is 11.5. The minimum Gasteiger partial charge on any atom is -0.360 e. The van der Waals surface area contributed by atoms with Crippen LogP contribution in [0.1, 0.15) is 33.6 Å². The van der Waals surface area contributed by atoms with Gasteiger partial charge in [-0.05, 0) is 140 Å². The maximum atomic E-state index is 6.07. The number of hydrogen-bond donors (Lipinski definition) is 1. The highest BCUT2D eigenvalue weighted by Gasteiger charge is 2.12. The molecule has 0 radical (unpaired) electrons. The smallest absolute Gasteiger partial charge is 0.139 e. The van der Waals surface area contributed by atoms with E-state index >= 15 is 0 Å². The summed E-state index contributed by atoms with van der Waals surface area (Å²) < 4.78 is 12.4. The molecule has 1 N–H and O–H groups in total. The summed E-state index contributed by atoms with van der Waals surface area (Å²) >= 11 is 27.1. The van der Waals surface area contributed by atoms with E-state index in [1.165, 1.54) is 6.04 Å². The lowest BCUT2D eigenvalue weighted by molar-refractivity contribution is 0.0786. The molecule has 4 aromatic carbocycles. The second kappa shape index (κ2) is 23.6. The lowest BCUT2D eigenvalue weighted by Gasteiger charge is -2.15. The number of aryl methyl sites for hydroxylation is 6. The zero-order chi connectivity index (χ0) is 46.6. The van der Waals surface area contributed by atoms with Gasteiger partial charge in [0.25, 0.3) is 0 Å². The van der Waals surface area contributed by atoms with Gasteiger partial charge in [-0.25, -0.2) is 4.68 Å². The predicted molar refractivity (Wildman–Crippen MR) is 274 cm³/mol. The minimum absolute atomic E-state index is 0.511. The summed E-state index contributed by atoms with van der Waals surface area (Å²) in [6, 6.07) is 27.0. The van der Waals surface area contributed by atoms with Crippen molar-refractivity contribution in [3.8, 4) is 33.4 Å². The van der Waals surface area contributed by atoms with Gasteiger partial charge in [-0.3, -0.25) is 14.5 Å². The van der Waals surface area contributed by atoms with Gasteiger partial charge in [0.1, 0.15) is 6.73 Å². The number of ether oxygens (including phenoxy) is 1. The zero-order valence-corrected chi connectivity index (χ0v) is 43.3. The Kier molecular flexibility index (Phi) is 18.7. The van der Waals surface area contributed by atoms with E-state index in [-0.39, 0.29) is 0 Å². The number of hydrogen-bond acceptors (Lipinski definition) is 5. The molecule has 15 heteroatoms. The number of halogens is 5. The van der Waals surface area contributed by atoms with Crippen LogP contribution in [-0.4, -0.2) is 54.2 Å². The molecule has 0 atom stereocenters. The van der Waals surface area contributed by atoms with E-state index in [1.807, 2.05) is 147 Å². The fraction of sp³-hybridized carbons (Fsp3) is 0.265. The van der Waals surface area contributed by atoms with Crippen molar-refractivity contribution in [2.45, 2.75) is 73.6 Å². The molecule has 4 aromatic heterocycles. The normalized spacial score (nSPS) is 11.0. The number of nitrogens with one attached hydrogen (secondary N) is 1. The van der Waals surface area contributed by atoms with Crippen LogP contribution >= 0.6 is 62.3 Å². The first-order valence-electron chi connectivity index (χ1n) is 20.7. The van der Waals surface area contributed by atoms with Crippen LogP contribution < -0.4 is 0 Å².